The molecule has 0 saturated heterocycles. The van der Waals surface area contributed by atoms with Crippen molar-refractivity contribution < 1.29 is 9.13 Å². The predicted octanol–water partition coefficient (Wildman–Crippen LogP) is 2.67. The standard InChI is InChI=1S/C12H15FN6O/c1-20-12(11(6-13)18-19-15)9-2-4-10(5-3-9)17-8-16-7-14/h2-5,7-8,11-12H,6H2,1H3,(H2,14,16,17)/t11-,12-/m1/s1. The molecule has 0 aliphatic carbocycles. The highest BCUT2D eigenvalue weighted by Crippen LogP contribution is 2.25. The predicted molar refractivity (Wildman–Crippen MR) is 75.9 cm³/mol. The van der Waals surface area contributed by atoms with E-state index in [2.05, 4.69) is 20.0 Å². The lowest BCUT2D eigenvalue weighted by atomic mass is 10.0. The first-order chi connectivity index (χ1) is 9.76. The number of methoxy groups -OCH3 is 1. The maximum Gasteiger partial charge on any atom is 0.117 e. The number of halogens is 1. The number of aliphatic imine (C=N–C) groups is 2. The van der Waals surface area contributed by atoms with E-state index >= 15 is 0 Å². The van der Waals surface area contributed by atoms with Gasteiger partial charge in [-0.1, -0.05) is 17.2 Å². The third-order valence-electron chi connectivity index (χ3n) is 2.54. The van der Waals surface area contributed by atoms with E-state index in [1.54, 1.807) is 24.3 Å². The van der Waals surface area contributed by atoms with Crippen molar-refractivity contribution in [1.29, 1.82) is 0 Å². The van der Waals surface area contributed by atoms with E-state index in [0.717, 1.165) is 6.34 Å². The zero-order chi connectivity index (χ0) is 14.8. The van der Waals surface area contributed by atoms with Crippen LogP contribution < -0.4 is 5.73 Å². The SMILES string of the molecule is CO[C@H](c1ccc(N=CN=CN)cc1)[C@@H](CF)N=[N+]=[N-]. The number of hydrogen-bond donors (Lipinski definition) is 1. The molecule has 20 heavy (non-hydrogen) atoms. The molecular formula is C12H15FN6O. The number of benzene rings is 1. The lowest BCUT2D eigenvalue weighted by Gasteiger charge is -2.20. The fourth-order valence-electron chi connectivity index (χ4n) is 1.64. The van der Waals surface area contributed by atoms with E-state index in [1.165, 1.54) is 13.4 Å². The summed E-state index contributed by atoms with van der Waals surface area (Å²) in [6.45, 7) is -0.798. The van der Waals surface area contributed by atoms with Crippen LogP contribution >= 0.6 is 0 Å². The Hall–Kier alpha value is -2.44. The molecular weight excluding hydrogens is 263 g/mol. The Balaban J connectivity index is 2.91. The molecule has 8 heteroatoms. The molecule has 0 aliphatic heterocycles. The number of nitrogens with two attached hydrogens (primary N) is 1. The first-order valence-electron chi connectivity index (χ1n) is 5.75. The number of nitrogens with zero attached hydrogens (tertiary/aromatic N) is 5. The van der Waals surface area contributed by atoms with Crippen molar-refractivity contribution in [3.8, 4) is 0 Å². The quantitative estimate of drug-likeness (QED) is 0.272. The highest BCUT2D eigenvalue weighted by molar-refractivity contribution is 5.72. The summed E-state index contributed by atoms with van der Waals surface area (Å²) in [5.41, 5.74) is 14.9. The normalized spacial score (nSPS) is 14.3. The van der Waals surface area contributed by atoms with Crippen LogP contribution in [0.2, 0.25) is 0 Å². The lowest BCUT2D eigenvalue weighted by Crippen LogP contribution is -2.20. The van der Waals surface area contributed by atoms with Crippen molar-refractivity contribution in [2.75, 3.05) is 13.8 Å². The van der Waals surface area contributed by atoms with Crippen molar-refractivity contribution in [3.05, 3.63) is 40.3 Å². The van der Waals surface area contributed by atoms with Gasteiger partial charge in [0.15, 0.2) is 0 Å². The summed E-state index contributed by atoms with van der Waals surface area (Å²) < 4.78 is 18.1. The summed E-state index contributed by atoms with van der Waals surface area (Å²) in [5.74, 6) is 0. The Morgan fingerprint density at radius 1 is 1.45 bits per heavy atom. The van der Waals surface area contributed by atoms with Crippen molar-refractivity contribution >= 4 is 18.4 Å². The summed E-state index contributed by atoms with van der Waals surface area (Å²) >= 11 is 0. The van der Waals surface area contributed by atoms with Crippen LogP contribution in [0.15, 0.2) is 39.4 Å². The second kappa shape index (κ2) is 8.63. The van der Waals surface area contributed by atoms with Gasteiger partial charge in [0.25, 0.3) is 0 Å². The number of ether oxygens (including phenoxy) is 1. The molecule has 7 nitrogen and oxygen atoms in total. The Bertz CT molecular complexity index is 509. The molecule has 1 rings (SSSR count). The monoisotopic (exact) mass is 278 g/mol. The topological polar surface area (TPSA) is 109 Å². The van der Waals surface area contributed by atoms with Crippen LogP contribution in [0.1, 0.15) is 11.7 Å². The molecule has 0 spiro atoms. The van der Waals surface area contributed by atoms with Crippen molar-refractivity contribution in [2.45, 2.75) is 12.1 Å². The summed E-state index contributed by atoms with van der Waals surface area (Å²) in [6.07, 6.45) is 1.80. The molecule has 0 heterocycles. The lowest BCUT2D eigenvalue weighted by molar-refractivity contribution is 0.0722. The smallest absolute Gasteiger partial charge is 0.117 e. The van der Waals surface area contributed by atoms with E-state index < -0.39 is 18.8 Å². The fourth-order valence-corrected chi connectivity index (χ4v) is 1.64. The van der Waals surface area contributed by atoms with Gasteiger partial charge in [0, 0.05) is 12.0 Å². The number of azide groups is 1. The molecule has 1 aromatic carbocycles. The van der Waals surface area contributed by atoms with Gasteiger partial charge in [-0.15, -0.1) is 0 Å². The van der Waals surface area contributed by atoms with Crippen LogP contribution in [-0.2, 0) is 4.74 Å². The van der Waals surface area contributed by atoms with Gasteiger partial charge < -0.3 is 10.5 Å². The van der Waals surface area contributed by atoms with Crippen LogP contribution in [0, 0.1) is 0 Å². The van der Waals surface area contributed by atoms with Gasteiger partial charge in [-0.3, -0.25) is 4.39 Å². The summed E-state index contributed by atoms with van der Waals surface area (Å²) in [7, 11) is 1.43. The Morgan fingerprint density at radius 3 is 2.65 bits per heavy atom. The van der Waals surface area contributed by atoms with Crippen LogP contribution in [0.25, 0.3) is 10.4 Å². The van der Waals surface area contributed by atoms with Gasteiger partial charge in [-0.25, -0.2) is 9.98 Å². The van der Waals surface area contributed by atoms with E-state index in [1.807, 2.05) is 0 Å². The maximum atomic E-state index is 12.9. The van der Waals surface area contributed by atoms with E-state index in [-0.39, 0.29) is 0 Å². The second-order valence-electron chi connectivity index (χ2n) is 3.72. The van der Waals surface area contributed by atoms with Gasteiger partial charge in [0.2, 0.25) is 0 Å². The third kappa shape index (κ3) is 4.34. The fraction of sp³-hybridized carbons (Fsp3) is 0.333. The summed E-state index contributed by atoms with van der Waals surface area (Å²) in [4.78, 5) is 10.3. The average molecular weight is 278 g/mol. The zero-order valence-corrected chi connectivity index (χ0v) is 10.9. The zero-order valence-electron chi connectivity index (χ0n) is 10.9. The molecule has 0 radical (unpaired) electrons. The molecule has 0 bridgehead atoms. The molecule has 0 amide bonds. The van der Waals surface area contributed by atoms with Crippen molar-refractivity contribution in [3.63, 3.8) is 0 Å². The van der Waals surface area contributed by atoms with Gasteiger partial charge in [0.05, 0.1) is 24.2 Å². The Kier molecular flexibility index (Phi) is 6.74. The van der Waals surface area contributed by atoms with E-state index in [0.29, 0.717) is 11.3 Å². The molecule has 2 N–H and O–H groups in total. The largest absolute Gasteiger partial charge is 0.390 e. The Labute approximate surface area is 115 Å². The number of hydrogen-bond acceptors (Lipinski definition) is 3. The maximum absolute atomic E-state index is 12.9. The third-order valence-corrected chi connectivity index (χ3v) is 2.54. The van der Waals surface area contributed by atoms with Gasteiger partial charge in [0.1, 0.15) is 13.0 Å². The minimum Gasteiger partial charge on any atom is -0.390 e. The van der Waals surface area contributed by atoms with Gasteiger partial charge in [-0.2, -0.15) is 0 Å². The highest BCUT2D eigenvalue weighted by atomic mass is 19.1. The molecule has 0 aromatic heterocycles. The average Bonchev–Trinajstić information content (AvgIpc) is 2.49. The first-order valence-corrected chi connectivity index (χ1v) is 5.75. The van der Waals surface area contributed by atoms with Crippen molar-refractivity contribution in [1.82, 2.24) is 0 Å². The molecule has 0 fully saturated rings. The van der Waals surface area contributed by atoms with Crippen LogP contribution in [-0.4, -0.2) is 32.5 Å². The minimum absolute atomic E-state index is 0.643. The Morgan fingerprint density at radius 2 is 2.15 bits per heavy atom. The van der Waals surface area contributed by atoms with Crippen LogP contribution in [0.3, 0.4) is 0 Å². The molecule has 0 saturated carbocycles. The molecule has 106 valence electrons. The van der Waals surface area contributed by atoms with E-state index in [4.69, 9.17) is 16.0 Å². The highest BCUT2D eigenvalue weighted by Gasteiger charge is 2.21. The van der Waals surface area contributed by atoms with Crippen molar-refractivity contribution in [2.24, 2.45) is 20.8 Å². The second-order valence-corrected chi connectivity index (χ2v) is 3.72. The van der Waals surface area contributed by atoms with Crippen LogP contribution in [0.4, 0.5) is 10.1 Å². The van der Waals surface area contributed by atoms with Gasteiger partial charge in [-0.05, 0) is 23.2 Å². The summed E-state index contributed by atoms with van der Waals surface area (Å²) in [6, 6.07) is 5.98. The molecule has 1 aromatic rings. The van der Waals surface area contributed by atoms with Gasteiger partial charge >= 0.3 is 0 Å². The number of alkyl halides is 1. The molecule has 2 atom stereocenters. The number of rotatable bonds is 7. The molecule has 0 unspecified atom stereocenters. The van der Waals surface area contributed by atoms with E-state index in [9.17, 15) is 4.39 Å². The summed E-state index contributed by atoms with van der Waals surface area (Å²) in [5, 5.41) is 3.39. The van der Waals surface area contributed by atoms with Crippen LogP contribution in [0.5, 0.6) is 0 Å². The first kappa shape index (κ1) is 15.6. The minimum atomic E-state index is -0.902. The molecule has 0 aliphatic rings.